The van der Waals surface area contributed by atoms with Crippen LogP contribution in [0.3, 0.4) is 0 Å². The van der Waals surface area contributed by atoms with Crippen molar-refractivity contribution in [3.8, 4) is 0 Å². The van der Waals surface area contributed by atoms with Gasteiger partial charge in [-0.05, 0) is 43.9 Å². The second-order valence-electron chi connectivity index (χ2n) is 3.44. The minimum Gasteiger partial charge on any atom is -0.396 e. The van der Waals surface area contributed by atoms with E-state index >= 15 is 0 Å². The highest BCUT2D eigenvalue weighted by molar-refractivity contribution is 7.99. The van der Waals surface area contributed by atoms with Crippen LogP contribution in [0.2, 0.25) is 0 Å². The van der Waals surface area contributed by atoms with Crippen LogP contribution in [-0.4, -0.2) is 36.3 Å². The highest BCUT2D eigenvalue weighted by atomic mass is 32.2. The Bertz CT molecular complexity index is 89.3. The van der Waals surface area contributed by atoms with Crippen molar-refractivity contribution >= 4 is 11.8 Å². The third-order valence-corrected chi connectivity index (χ3v) is 3.09. The summed E-state index contributed by atoms with van der Waals surface area (Å²) in [5.74, 6) is 2.52. The van der Waals surface area contributed by atoms with E-state index in [1.807, 2.05) is 11.8 Å². The Hall–Kier alpha value is 0.270. The Morgan fingerprint density at radius 3 is 2.43 bits per heavy atom. The van der Waals surface area contributed by atoms with Crippen LogP contribution in [0.4, 0.5) is 0 Å². The fraction of sp³-hybridized carbons (Fsp3) is 1.00. The number of aliphatic hydroxyl groups is 1. The average Bonchev–Trinajstić information content (AvgIpc) is 2.21. The van der Waals surface area contributed by atoms with E-state index in [2.05, 4.69) is 12.2 Å². The molecule has 0 unspecified atom stereocenters. The van der Waals surface area contributed by atoms with Crippen LogP contribution in [0, 0.1) is 0 Å². The Kier molecular flexibility index (Phi) is 13.5. The van der Waals surface area contributed by atoms with Crippen molar-refractivity contribution in [2.24, 2.45) is 0 Å². The van der Waals surface area contributed by atoms with Gasteiger partial charge in [-0.1, -0.05) is 19.8 Å². The minimum absolute atomic E-state index is 0.349. The van der Waals surface area contributed by atoms with Crippen LogP contribution in [0.5, 0.6) is 0 Å². The van der Waals surface area contributed by atoms with E-state index in [-0.39, 0.29) is 0 Å². The van der Waals surface area contributed by atoms with Crippen LogP contribution < -0.4 is 5.32 Å². The van der Waals surface area contributed by atoms with E-state index < -0.39 is 0 Å². The molecule has 0 amide bonds. The molecule has 0 aliphatic rings. The van der Waals surface area contributed by atoms with Gasteiger partial charge in [0.2, 0.25) is 0 Å². The molecule has 0 bridgehead atoms. The van der Waals surface area contributed by atoms with Gasteiger partial charge in [-0.2, -0.15) is 11.8 Å². The quantitative estimate of drug-likeness (QED) is 0.523. The zero-order chi connectivity index (χ0) is 10.5. The molecule has 0 aliphatic carbocycles. The topological polar surface area (TPSA) is 32.3 Å². The molecule has 0 aliphatic heterocycles. The summed E-state index contributed by atoms with van der Waals surface area (Å²) in [6, 6.07) is 0. The summed E-state index contributed by atoms with van der Waals surface area (Å²) >= 11 is 2.02. The lowest BCUT2D eigenvalue weighted by atomic mass is 10.2. The lowest BCUT2D eigenvalue weighted by Crippen LogP contribution is -2.17. The van der Waals surface area contributed by atoms with Crippen LogP contribution >= 0.6 is 11.8 Å². The molecule has 0 rings (SSSR count). The SMILES string of the molecule is CCSCCCNCCCCCCO. The van der Waals surface area contributed by atoms with Crippen LogP contribution in [-0.2, 0) is 0 Å². The molecule has 0 aromatic rings. The third-order valence-electron chi connectivity index (χ3n) is 2.11. The summed E-state index contributed by atoms with van der Waals surface area (Å²) in [7, 11) is 0. The maximum atomic E-state index is 8.57. The standard InChI is InChI=1S/C11H25NOS/c1-2-14-11-7-9-12-8-5-3-4-6-10-13/h12-13H,2-11H2,1H3. The molecule has 0 heterocycles. The number of hydrogen-bond acceptors (Lipinski definition) is 3. The molecule has 14 heavy (non-hydrogen) atoms. The molecular weight excluding hydrogens is 194 g/mol. The summed E-state index contributed by atoms with van der Waals surface area (Å²) < 4.78 is 0. The maximum absolute atomic E-state index is 8.57. The zero-order valence-corrected chi connectivity index (χ0v) is 10.2. The van der Waals surface area contributed by atoms with E-state index in [1.54, 1.807) is 0 Å². The van der Waals surface area contributed by atoms with E-state index in [1.165, 1.54) is 37.2 Å². The van der Waals surface area contributed by atoms with Gasteiger partial charge in [-0.3, -0.25) is 0 Å². The molecule has 0 saturated carbocycles. The normalized spacial score (nSPS) is 10.7. The van der Waals surface area contributed by atoms with Crippen molar-refractivity contribution in [2.45, 2.75) is 39.0 Å². The highest BCUT2D eigenvalue weighted by Crippen LogP contribution is 2.00. The minimum atomic E-state index is 0.349. The van der Waals surface area contributed by atoms with Gasteiger partial charge in [-0.25, -0.2) is 0 Å². The molecule has 3 heteroatoms. The van der Waals surface area contributed by atoms with Crippen molar-refractivity contribution in [2.75, 3.05) is 31.2 Å². The van der Waals surface area contributed by atoms with Crippen molar-refractivity contribution in [3.05, 3.63) is 0 Å². The smallest absolute Gasteiger partial charge is 0.0431 e. The maximum Gasteiger partial charge on any atom is 0.0431 e. The average molecular weight is 219 g/mol. The first-order valence-electron chi connectivity index (χ1n) is 5.81. The highest BCUT2D eigenvalue weighted by Gasteiger charge is 1.90. The fourth-order valence-corrected chi connectivity index (χ4v) is 1.92. The van der Waals surface area contributed by atoms with Crippen molar-refractivity contribution in [1.29, 1.82) is 0 Å². The number of thioether (sulfide) groups is 1. The number of unbranched alkanes of at least 4 members (excludes halogenated alkanes) is 3. The molecule has 0 fully saturated rings. The molecule has 0 aromatic carbocycles. The monoisotopic (exact) mass is 219 g/mol. The summed E-state index contributed by atoms with van der Waals surface area (Å²) in [4.78, 5) is 0. The molecule has 2 nitrogen and oxygen atoms in total. The molecule has 0 aromatic heterocycles. The number of aliphatic hydroxyl groups excluding tert-OH is 1. The van der Waals surface area contributed by atoms with Gasteiger partial charge >= 0.3 is 0 Å². The number of rotatable bonds is 11. The molecule has 0 radical (unpaired) electrons. The number of nitrogens with one attached hydrogen (secondary N) is 1. The second kappa shape index (κ2) is 13.3. The van der Waals surface area contributed by atoms with Crippen molar-refractivity contribution in [3.63, 3.8) is 0 Å². The molecule has 0 spiro atoms. The molecule has 0 atom stereocenters. The van der Waals surface area contributed by atoms with E-state index in [9.17, 15) is 0 Å². The zero-order valence-electron chi connectivity index (χ0n) is 9.43. The Morgan fingerprint density at radius 1 is 1.00 bits per heavy atom. The van der Waals surface area contributed by atoms with Gasteiger partial charge in [0, 0.05) is 6.61 Å². The van der Waals surface area contributed by atoms with Gasteiger partial charge in [0.1, 0.15) is 0 Å². The Labute approximate surface area is 92.9 Å². The first-order chi connectivity index (χ1) is 6.91. The predicted molar refractivity (Wildman–Crippen MR) is 66.0 cm³/mol. The van der Waals surface area contributed by atoms with E-state index in [0.717, 1.165) is 19.5 Å². The summed E-state index contributed by atoms with van der Waals surface area (Å²) in [6.45, 7) is 4.86. The molecule has 2 N–H and O–H groups in total. The van der Waals surface area contributed by atoms with Crippen LogP contribution in [0.1, 0.15) is 39.0 Å². The summed E-state index contributed by atoms with van der Waals surface area (Å²) in [5, 5.41) is 12.0. The van der Waals surface area contributed by atoms with Gasteiger partial charge < -0.3 is 10.4 Å². The second-order valence-corrected chi connectivity index (χ2v) is 4.83. The van der Waals surface area contributed by atoms with Gasteiger partial charge in [0.15, 0.2) is 0 Å². The number of hydrogen-bond donors (Lipinski definition) is 2. The fourth-order valence-electron chi connectivity index (χ4n) is 1.28. The van der Waals surface area contributed by atoms with Crippen LogP contribution in [0.15, 0.2) is 0 Å². The van der Waals surface area contributed by atoms with E-state index in [4.69, 9.17) is 5.11 Å². The lowest BCUT2D eigenvalue weighted by Gasteiger charge is -2.03. The Balaban J connectivity index is 2.78. The van der Waals surface area contributed by atoms with Gasteiger partial charge in [0.25, 0.3) is 0 Å². The van der Waals surface area contributed by atoms with Gasteiger partial charge in [0.05, 0.1) is 0 Å². The van der Waals surface area contributed by atoms with Crippen molar-refractivity contribution in [1.82, 2.24) is 5.32 Å². The predicted octanol–water partition coefficient (Wildman–Crippen LogP) is 2.27. The summed E-state index contributed by atoms with van der Waals surface area (Å²) in [6.07, 6.45) is 5.92. The molecule has 0 saturated heterocycles. The first-order valence-corrected chi connectivity index (χ1v) is 6.96. The summed E-state index contributed by atoms with van der Waals surface area (Å²) in [5.41, 5.74) is 0. The molecule has 86 valence electrons. The Morgan fingerprint density at radius 2 is 1.71 bits per heavy atom. The van der Waals surface area contributed by atoms with Crippen LogP contribution in [0.25, 0.3) is 0 Å². The van der Waals surface area contributed by atoms with Gasteiger partial charge in [-0.15, -0.1) is 0 Å². The molecular formula is C11H25NOS. The van der Waals surface area contributed by atoms with E-state index in [0.29, 0.717) is 6.61 Å². The lowest BCUT2D eigenvalue weighted by molar-refractivity contribution is 0.282. The largest absolute Gasteiger partial charge is 0.396 e. The first kappa shape index (κ1) is 14.3. The van der Waals surface area contributed by atoms with Crippen molar-refractivity contribution < 1.29 is 5.11 Å². The third kappa shape index (κ3) is 12.3.